The van der Waals surface area contributed by atoms with Gasteiger partial charge >= 0.3 is 0 Å². The summed E-state index contributed by atoms with van der Waals surface area (Å²) >= 11 is 0. The van der Waals surface area contributed by atoms with Crippen molar-refractivity contribution in [2.75, 3.05) is 0 Å². The van der Waals surface area contributed by atoms with E-state index in [1.54, 1.807) is 24.8 Å². The maximum absolute atomic E-state index is 4.78. The molecule has 480 valence electrons. The van der Waals surface area contributed by atoms with E-state index in [-0.39, 0.29) is 0 Å². The molecule has 0 aliphatic carbocycles. The third-order valence-electron chi connectivity index (χ3n) is 19.6. The predicted octanol–water partition coefficient (Wildman–Crippen LogP) is 22.2. The Morgan fingerprint density at radius 3 is 0.951 bits per heavy atom. The van der Waals surface area contributed by atoms with Crippen molar-refractivity contribution in [2.45, 2.75) is 0 Å². The highest BCUT2D eigenvalue weighted by atomic mass is 15.1. The number of pyridine rings is 5. The van der Waals surface area contributed by atoms with E-state index in [0.717, 1.165) is 56.2 Å². The number of benzene rings is 10. The van der Waals surface area contributed by atoms with Crippen LogP contribution in [0.3, 0.4) is 0 Å². The molecule has 0 bridgehead atoms. The molecule has 0 fully saturated rings. The summed E-state index contributed by atoms with van der Waals surface area (Å²) < 4.78 is 13.7. The minimum absolute atomic E-state index is 0.897. The number of aromatic nitrogens is 11. The number of nitrogens with zero attached hydrogens (tertiary/aromatic N) is 11. The van der Waals surface area contributed by atoms with E-state index in [9.17, 15) is 0 Å². The quantitative estimate of drug-likeness (QED) is 0.144. The van der Waals surface area contributed by atoms with Gasteiger partial charge in [0.15, 0.2) is 0 Å². The average Bonchev–Trinajstić information content (AvgIpc) is 1.59. The highest BCUT2D eigenvalue weighted by Crippen LogP contribution is 2.40. The van der Waals surface area contributed by atoms with Crippen LogP contribution in [0.1, 0.15) is 0 Å². The lowest BCUT2D eigenvalue weighted by Crippen LogP contribution is -1.96. The molecule has 0 aliphatic rings. The molecule has 11 nitrogen and oxygen atoms in total. The topological polar surface area (TPSA) is 94.0 Å². The predicted molar refractivity (Wildman–Crippen MR) is 418 cm³/mol. The van der Waals surface area contributed by atoms with Crippen molar-refractivity contribution >= 4 is 98.1 Å². The summed E-state index contributed by atoms with van der Waals surface area (Å²) in [5.41, 5.74) is 22.1. The lowest BCUT2D eigenvalue weighted by molar-refractivity contribution is 1.04. The minimum Gasteiger partial charge on any atom is -0.317 e. The van der Waals surface area contributed by atoms with Crippen molar-refractivity contribution in [3.05, 3.63) is 371 Å². The first-order chi connectivity index (χ1) is 50.6. The fourth-order valence-electron chi connectivity index (χ4n) is 14.8. The fraction of sp³-hybridized carbons (Fsp3) is 0. The monoisotopic (exact) mass is 1310 g/mol. The SMILES string of the molecule is c1ccc(-n2c3ccccc3c3cc4c(ccn4-c4ccc(-c5cccnc5)cc4)cc32)cc1.c1ccc(-n2c3ccccc3c3cc4c(ccn4-c4ccc(-c5cccnc5)cn4)cc32)cc1.c1ccc(-n2c3ccccc3c3cc4c(ccn4-c4ccc(-c5ccncc5)cn4)cc32)cc1. The highest BCUT2D eigenvalue weighted by Gasteiger charge is 2.20. The van der Waals surface area contributed by atoms with E-state index in [4.69, 9.17) is 9.97 Å². The first-order valence-electron chi connectivity index (χ1n) is 34.1. The lowest BCUT2D eigenvalue weighted by Gasteiger charge is -2.09. The second-order valence-electron chi connectivity index (χ2n) is 25.5. The van der Waals surface area contributed by atoms with E-state index in [2.05, 4.69) is 334 Å². The molecule has 0 radical (unpaired) electrons. The summed E-state index contributed by atoms with van der Waals surface area (Å²) in [6.07, 6.45) is 21.2. The molecule has 102 heavy (non-hydrogen) atoms. The van der Waals surface area contributed by atoms with Gasteiger partial charge in [-0.25, -0.2) is 9.97 Å². The van der Waals surface area contributed by atoms with Crippen LogP contribution in [0, 0.1) is 0 Å². The molecule has 0 unspecified atom stereocenters. The van der Waals surface area contributed by atoms with Gasteiger partial charge in [-0.1, -0.05) is 133 Å². The van der Waals surface area contributed by atoms with E-state index in [1.807, 2.05) is 55.1 Å². The van der Waals surface area contributed by atoms with E-state index in [1.165, 1.54) is 110 Å². The van der Waals surface area contributed by atoms with E-state index >= 15 is 0 Å². The van der Waals surface area contributed by atoms with Crippen LogP contribution in [0.5, 0.6) is 0 Å². The van der Waals surface area contributed by atoms with Crippen molar-refractivity contribution < 1.29 is 0 Å². The molecule has 21 rings (SSSR count). The van der Waals surface area contributed by atoms with Crippen molar-refractivity contribution in [3.63, 3.8) is 0 Å². The summed E-state index contributed by atoms with van der Waals surface area (Å²) in [7, 11) is 0. The van der Waals surface area contributed by atoms with Gasteiger partial charge in [0, 0.05) is 156 Å². The zero-order valence-corrected chi connectivity index (χ0v) is 55.1. The Bertz CT molecular complexity index is 5970. The Morgan fingerprint density at radius 2 is 0.549 bits per heavy atom. The Balaban J connectivity index is 0.000000106. The Hall–Kier alpha value is -14.0. The summed E-state index contributed by atoms with van der Waals surface area (Å²) in [4.78, 5) is 22.1. The first kappa shape index (κ1) is 59.3. The molecule has 0 amide bonds. The average molecular weight is 1310 g/mol. The second kappa shape index (κ2) is 25.1. The van der Waals surface area contributed by atoms with Gasteiger partial charge in [-0.2, -0.15) is 0 Å². The molecule has 10 aromatic carbocycles. The number of rotatable bonds is 9. The van der Waals surface area contributed by atoms with Crippen LogP contribution in [0.25, 0.3) is 166 Å². The van der Waals surface area contributed by atoms with Crippen molar-refractivity contribution in [3.8, 4) is 67.8 Å². The van der Waals surface area contributed by atoms with Gasteiger partial charge in [0.25, 0.3) is 0 Å². The van der Waals surface area contributed by atoms with Crippen LogP contribution in [0.4, 0.5) is 0 Å². The van der Waals surface area contributed by atoms with Gasteiger partial charge in [0.1, 0.15) is 11.6 Å². The van der Waals surface area contributed by atoms with Crippen LogP contribution in [0.15, 0.2) is 371 Å². The second-order valence-corrected chi connectivity index (χ2v) is 25.5. The number of para-hydroxylation sites is 6. The molecule has 0 saturated heterocycles. The minimum atomic E-state index is 0.897. The molecular weight excluding hydrogens is 1250 g/mol. The molecule has 0 saturated carbocycles. The Kier molecular flexibility index (Phi) is 14.6. The molecular formula is C91H61N11. The molecule has 0 N–H and O–H groups in total. The standard InChI is InChI=1S/C31H21N3.2C30H20N4/c1-2-8-26(9-3-1)34-29-11-5-4-10-27(29)28-20-30-23(19-31(28)34)16-18-33(30)25-14-12-22(13-15-25)24-7-6-17-32-21-24;1-2-8-24(9-3-1)34-27-11-5-4-10-25(27)26-18-28-21(17-29(26)34)14-16-33(28)30-13-12-23(20-32-30)22-7-6-15-31-19-22;1-2-6-24(7-3-1)34-27-9-5-4-8-25(27)26-19-28-22(18-29(26)34)14-17-33(28)30-11-10-23(20-32-30)21-12-15-31-16-13-21/h1-21H;2*1-20H. The van der Waals surface area contributed by atoms with E-state index < -0.39 is 0 Å². The lowest BCUT2D eigenvalue weighted by atomic mass is 10.1. The van der Waals surface area contributed by atoms with Gasteiger partial charge < -0.3 is 27.4 Å². The highest BCUT2D eigenvalue weighted by molar-refractivity contribution is 6.16. The summed E-state index contributed by atoms with van der Waals surface area (Å²) in [5.74, 6) is 1.80. The Morgan fingerprint density at radius 1 is 0.196 bits per heavy atom. The molecule has 21 aromatic rings. The van der Waals surface area contributed by atoms with Crippen molar-refractivity contribution in [1.82, 2.24) is 52.3 Å². The molecule has 0 atom stereocenters. The largest absolute Gasteiger partial charge is 0.317 e. The first-order valence-corrected chi connectivity index (χ1v) is 34.1. The van der Waals surface area contributed by atoms with E-state index in [0.29, 0.717) is 0 Å². The van der Waals surface area contributed by atoms with Crippen molar-refractivity contribution in [1.29, 1.82) is 0 Å². The van der Waals surface area contributed by atoms with Crippen LogP contribution in [-0.4, -0.2) is 52.3 Å². The summed E-state index contributed by atoms with van der Waals surface area (Å²) in [6.45, 7) is 0. The van der Waals surface area contributed by atoms with Gasteiger partial charge in [0.05, 0.1) is 49.7 Å². The molecule has 11 aromatic heterocycles. The van der Waals surface area contributed by atoms with Gasteiger partial charge in [-0.3, -0.25) is 15.0 Å². The van der Waals surface area contributed by atoms with Crippen LogP contribution in [-0.2, 0) is 0 Å². The normalized spacial score (nSPS) is 11.5. The maximum atomic E-state index is 4.78. The van der Waals surface area contributed by atoms with Crippen LogP contribution < -0.4 is 0 Å². The maximum Gasteiger partial charge on any atom is 0.137 e. The zero-order chi connectivity index (χ0) is 67.5. The van der Waals surface area contributed by atoms with Gasteiger partial charge in [-0.05, 0) is 187 Å². The van der Waals surface area contributed by atoms with Gasteiger partial charge in [0.2, 0.25) is 0 Å². The van der Waals surface area contributed by atoms with Crippen molar-refractivity contribution in [2.24, 2.45) is 0 Å². The Labute approximate surface area is 586 Å². The third-order valence-corrected chi connectivity index (χ3v) is 19.6. The zero-order valence-electron chi connectivity index (χ0n) is 55.1. The summed E-state index contributed by atoms with van der Waals surface area (Å²) in [5, 5.41) is 11.1. The summed E-state index contributed by atoms with van der Waals surface area (Å²) in [6, 6.07) is 107. The molecule has 11 heterocycles. The fourth-order valence-corrected chi connectivity index (χ4v) is 14.8. The molecule has 11 heteroatoms. The smallest absolute Gasteiger partial charge is 0.137 e. The van der Waals surface area contributed by atoms with Crippen LogP contribution >= 0.6 is 0 Å². The number of fused-ring (bicyclic) bond motifs is 12. The van der Waals surface area contributed by atoms with Gasteiger partial charge in [-0.15, -0.1) is 0 Å². The molecule has 0 spiro atoms. The third kappa shape index (κ3) is 10.4. The molecule has 0 aliphatic heterocycles. The number of hydrogen-bond acceptors (Lipinski definition) is 5. The number of hydrogen-bond donors (Lipinski definition) is 0. The van der Waals surface area contributed by atoms with Crippen LogP contribution in [0.2, 0.25) is 0 Å².